The van der Waals surface area contributed by atoms with Crippen LogP contribution in [0.15, 0.2) is 18.3 Å². The number of aldehydes is 1. The molecule has 1 aromatic carbocycles. The second-order valence-corrected chi connectivity index (χ2v) is 4.18. The molecule has 1 aromatic heterocycles. The number of carbonyl (C=O) groups is 2. The summed E-state index contributed by atoms with van der Waals surface area (Å²) < 4.78 is 1.59. The Morgan fingerprint density at radius 2 is 2.00 bits per heavy atom. The second kappa shape index (κ2) is 4.05. The zero-order valence-electron chi connectivity index (χ0n) is 9.73. The van der Waals surface area contributed by atoms with Crippen LogP contribution in [-0.4, -0.2) is 21.9 Å². The van der Waals surface area contributed by atoms with Crippen LogP contribution in [0.2, 0.25) is 0 Å². The molecule has 0 bridgehead atoms. The van der Waals surface area contributed by atoms with Gasteiger partial charge in [-0.2, -0.15) is 0 Å². The molecule has 0 amide bonds. The van der Waals surface area contributed by atoms with E-state index in [1.165, 1.54) is 0 Å². The Labute approximate surface area is 98.5 Å². The van der Waals surface area contributed by atoms with E-state index in [9.17, 15) is 9.59 Å². The minimum absolute atomic E-state index is 0.132. The van der Waals surface area contributed by atoms with Gasteiger partial charge in [-0.05, 0) is 37.1 Å². The van der Waals surface area contributed by atoms with E-state index in [2.05, 4.69) is 0 Å². The van der Waals surface area contributed by atoms with E-state index in [4.69, 9.17) is 5.11 Å². The van der Waals surface area contributed by atoms with E-state index in [1.54, 1.807) is 10.8 Å². The molecule has 0 aliphatic rings. The van der Waals surface area contributed by atoms with Crippen LogP contribution in [0.3, 0.4) is 0 Å². The Bertz CT molecular complexity index is 611. The van der Waals surface area contributed by atoms with E-state index >= 15 is 0 Å². The van der Waals surface area contributed by atoms with Gasteiger partial charge in [-0.3, -0.25) is 9.59 Å². The zero-order chi connectivity index (χ0) is 12.6. The van der Waals surface area contributed by atoms with Crippen LogP contribution in [0.25, 0.3) is 10.9 Å². The van der Waals surface area contributed by atoms with Crippen LogP contribution in [0.1, 0.15) is 21.5 Å². The summed E-state index contributed by atoms with van der Waals surface area (Å²) in [5.41, 5.74) is 3.50. The van der Waals surface area contributed by atoms with Gasteiger partial charge in [0.2, 0.25) is 0 Å². The Balaban J connectivity index is 2.73. The number of hydrogen-bond donors (Lipinski definition) is 1. The molecular weight excluding hydrogens is 218 g/mol. The van der Waals surface area contributed by atoms with Crippen molar-refractivity contribution >= 4 is 23.2 Å². The van der Waals surface area contributed by atoms with Gasteiger partial charge in [-0.15, -0.1) is 0 Å². The van der Waals surface area contributed by atoms with Gasteiger partial charge >= 0.3 is 5.97 Å². The van der Waals surface area contributed by atoms with Gasteiger partial charge in [-0.1, -0.05) is 0 Å². The van der Waals surface area contributed by atoms with Crippen molar-refractivity contribution < 1.29 is 14.7 Å². The number of carboxylic acids is 1. The van der Waals surface area contributed by atoms with Gasteiger partial charge < -0.3 is 9.67 Å². The summed E-state index contributed by atoms with van der Waals surface area (Å²) in [7, 11) is 0. The summed E-state index contributed by atoms with van der Waals surface area (Å²) in [5.74, 6) is -0.919. The summed E-state index contributed by atoms with van der Waals surface area (Å²) in [5, 5.41) is 9.63. The van der Waals surface area contributed by atoms with Crippen LogP contribution >= 0.6 is 0 Å². The third-order valence-electron chi connectivity index (χ3n) is 2.96. The smallest absolute Gasteiger partial charge is 0.323 e. The third kappa shape index (κ3) is 1.93. The van der Waals surface area contributed by atoms with Crippen molar-refractivity contribution in [1.82, 2.24) is 4.57 Å². The number of carboxylic acid groups (broad SMARTS) is 1. The molecular formula is C13H13NO3. The lowest BCUT2D eigenvalue weighted by atomic mass is 10.1. The van der Waals surface area contributed by atoms with Crippen LogP contribution in [0.4, 0.5) is 0 Å². The lowest BCUT2D eigenvalue weighted by Crippen LogP contribution is -2.07. The van der Waals surface area contributed by atoms with E-state index < -0.39 is 5.97 Å². The van der Waals surface area contributed by atoms with Crippen LogP contribution < -0.4 is 0 Å². The standard InChI is InChI=1S/C13H13NO3/c1-8-3-11-10(7-15)5-14(6-13(16)17)12(11)4-9(8)2/h3-5,7H,6H2,1-2H3,(H,16,17). The fourth-order valence-corrected chi connectivity index (χ4v) is 1.95. The van der Waals surface area contributed by atoms with Crippen molar-refractivity contribution in [3.8, 4) is 0 Å². The molecule has 0 saturated heterocycles. The first kappa shape index (κ1) is 11.4. The maximum atomic E-state index is 11.0. The van der Waals surface area contributed by atoms with E-state index in [-0.39, 0.29) is 6.54 Å². The molecule has 0 saturated carbocycles. The van der Waals surface area contributed by atoms with Crippen molar-refractivity contribution in [3.63, 3.8) is 0 Å². The topological polar surface area (TPSA) is 59.3 Å². The summed E-state index contributed by atoms with van der Waals surface area (Å²) in [6, 6.07) is 3.84. The van der Waals surface area contributed by atoms with Gasteiger partial charge in [0.1, 0.15) is 6.54 Å². The number of fused-ring (bicyclic) bond motifs is 1. The Hall–Kier alpha value is -2.10. The zero-order valence-corrected chi connectivity index (χ0v) is 9.73. The lowest BCUT2D eigenvalue weighted by Gasteiger charge is -2.04. The number of nitrogens with zero attached hydrogens (tertiary/aromatic N) is 1. The van der Waals surface area contributed by atoms with Gasteiger partial charge in [-0.25, -0.2) is 0 Å². The Morgan fingerprint density at radius 3 is 2.59 bits per heavy atom. The highest BCUT2D eigenvalue weighted by Gasteiger charge is 2.11. The fourth-order valence-electron chi connectivity index (χ4n) is 1.95. The Morgan fingerprint density at radius 1 is 1.35 bits per heavy atom. The maximum Gasteiger partial charge on any atom is 0.323 e. The molecule has 4 heteroatoms. The van der Waals surface area contributed by atoms with E-state index in [1.807, 2.05) is 26.0 Å². The molecule has 88 valence electrons. The average Bonchev–Trinajstić information content (AvgIpc) is 2.57. The first-order valence-electron chi connectivity index (χ1n) is 5.30. The fraction of sp³-hybridized carbons (Fsp3) is 0.231. The summed E-state index contributed by atoms with van der Waals surface area (Å²) in [6.07, 6.45) is 2.35. The summed E-state index contributed by atoms with van der Waals surface area (Å²) in [6.45, 7) is 3.80. The predicted molar refractivity (Wildman–Crippen MR) is 64.4 cm³/mol. The number of aromatic nitrogens is 1. The van der Waals surface area contributed by atoms with E-state index in [0.29, 0.717) is 5.56 Å². The first-order valence-corrected chi connectivity index (χ1v) is 5.30. The highest BCUT2D eigenvalue weighted by molar-refractivity contribution is 5.98. The Kier molecular flexibility index (Phi) is 2.71. The third-order valence-corrected chi connectivity index (χ3v) is 2.96. The highest BCUT2D eigenvalue weighted by Crippen LogP contribution is 2.24. The van der Waals surface area contributed by atoms with Gasteiger partial charge in [0.05, 0.1) is 0 Å². The molecule has 0 unspecified atom stereocenters. The second-order valence-electron chi connectivity index (χ2n) is 4.18. The molecule has 1 N–H and O–H groups in total. The van der Waals surface area contributed by atoms with Crippen LogP contribution in [0, 0.1) is 13.8 Å². The number of hydrogen-bond acceptors (Lipinski definition) is 2. The van der Waals surface area contributed by atoms with Crippen LogP contribution in [0.5, 0.6) is 0 Å². The minimum Gasteiger partial charge on any atom is -0.480 e. The number of aryl methyl sites for hydroxylation is 2. The minimum atomic E-state index is -0.919. The van der Waals surface area contributed by atoms with Crippen molar-refractivity contribution in [2.45, 2.75) is 20.4 Å². The summed E-state index contributed by atoms with van der Waals surface area (Å²) >= 11 is 0. The molecule has 0 aliphatic heterocycles. The number of carbonyl (C=O) groups excluding carboxylic acids is 1. The molecule has 0 radical (unpaired) electrons. The monoisotopic (exact) mass is 231 g/mol. The number of rotatable bonds is 3. The maximum absolute atomic E-state index is 11.0. The number of aliphatic carboxylic acids is 1. The molecule has 1 heterocycles. The molecule has 0 atom stereocenters. The lowest BCUT2D eigenvalue weighted by molar-refractivity contribution is -0.137. The largest absolute Gasteiger partial charge is 0.480 e. The molecule has 4 nitrogen and oxygen atoms in total. The van der Waals surface area contributed by atoms with Gasteiger partial charge in [0, 0.05) is 22.7 Å². The van der Waals surface area contributed by atoms with Gasteiger partial charge in [0.15, 0.2) is 6.29 Å². The van der Waals surface area contributed by atoms with Crippen molar-refractivity contribution in [3.05, 3.63) is 35.0 Å². The van der Waals surface area contributed by atoms with Crippen molar-refractivity contribution in [2.24, 2.45) is 0 Å². The molecule has 2 rings (SSSR count). The SMILES string of the molecule is Cc1cc2c(C=O)cn(CC(=O)O)c2cc1C. The van der Waals surface area contributed by atoms with Gasteiger partial charge in [0.25, 0.3) is 0 Å². The van der Waals surface area contributed by atoms with E-state index in [0.717, 1.165) is 28.3 Å². The highest BCUT2D eigenvalue weighted by atomic mass is 16.4. The average molecular weight is 231 g/mol. The normalized spacial score (nSPS) is 10.7. The summed E-state index contributed by atoms with van der Waals surface area (Å²) in [4.78, 5) is 21.7. The first-order chi connectivity index (χ1) is 8.02. The molecule has 0 spiro atoms. The molecule has 2 aromatic rings. The number of benzene rings is 1. The quantitative estimate of drug-likeness (QED) is 0.823. The molecule has 17 heavy (non-hydrogen) atoms. The van der Waals surface area contributed by atoms with Crippen molar-refractivity contribution in [2.75, 3.05) is 0 Å². The van der Waals surface area contributed by atoms with Crippen molar-refractivity contribution in [1.29, 1.82) is 0 Å². The molecule has 0 fully saturated rings. The van der Waals surface area contributed by atoms with Crippen LogP contribution in [-0.2, 0) is 11.3 Å². The molecule has 0 aliphatic carbocycles. The predicted octanol–water partition coefficient (Wildman–Crippen LogP) is 2.16.